The standard InChI is InChI=1S/C11H20N2O/c1-2-10(11(12)14)13(9-5-6-9)7-8-3-4-8/h8-10H,2-7H2,1H3,(H2,12,14). The Hall–Kier alpha value is -0.570. The molecule has 2 N–H and O–H groups in total. The van der Waals surface area contributed by atoms with E-state index >= 15 is 0 Å². The summed E-state index contributed by atoms with van der Waals surface area (Å²) >= 11 is 0. The lowest BCUT2D eigenvalue weighted by molar-refractivity contribution is -0.123. The zero-order valence-electron chi connectivity index (χ0n) is 8.91. The summed E-state index contributed by atoms with van der Waals surface area (Å²) in [5.41, 5.74) is 5.43. The number of rotatable bonds is 6. The molecule has 3 heteroatoms. The first-order valence-corrected chi connectivity index (χ1v) is 5.77. The Labute approximate surface area is 85.6 Å². The molecule has 1 amide bonds. The molecule has 0 aliphatic heterocycles. The fourth-order valence-corrected chi connectivity index (χ4v) is 2.13. The third-order valence-corrected chi connectivity index (χ3v) is 3.30. The number of primary amides is 1. The van der Waals surface area contributed by atoms with Gasteiger partial charge in [-0.15, -0.1) is 0 Å². The van der Waals surface area contributed by atoms with Gasteiger partial charge in [-0.2, -0.15) is 0 Å². The zero-order chi connectivity index (χ0) is 10.1. The van der Waals surface area contributed by atoms with E-state index in [2.05, 4.69) is 11.8 Å². The summed E-state index contributed by atoms with van der Waals surface area (Å²) in [5.74, 6) is 0.712. The highest BCUT2D eigenvalue weighted by atomic mass is 16.1. The fourth-order valence-electron chi connectivity index (χ4n) is 2.13. The van der Waals surface area contributed by atoms with Crippen LogP contribution in [0, 0.1) is 5.92 Å². The normalized spacial score (nSPS) is 23.9. The predicted molar refractivity (Wildman–Crippen MR) is 55.7 cm³/mol. The van der Waals surface area contributed by atoms with Gasteiger partial charge in [0, 0.05) is 12.6 Å². The van der Waals surface area contributed by atoms with Crippen molar-refractivity contribution in [2.24, 2.45) is 11.7 Å². The molecule has 1 atom stereocenters. The van der Waals surface area contributed by atoms with Crippen LogP contribution in [0.2, 0.25) is 0 Å². The van der Waals surface area contributed by atoms with Gasteiger partial charge in [0.25, 0.3) is 0 Å². The minimum absolute atomic E-state index is 0.0110. The highest BCUT2D eigenvalue weighted by molar-refractivity contribution is 5.79. The van der Waals surface area contributed by atoms with Crippen LogP contribution in [0.3, 0.4) is 0 Å². The molecule has 0 spiro atoms. The Balaban J connectivity index is 1.95. The molecule has 14 heavy (non-hydrogen) atoms. The Morgan fingerprint density at radius 1 is 1.43 bits per heavy atom. The van der Waals surface area contributed by atoms with Crippen molar-refractivity contribution in [3.05, 3.63) is 0 Å². The van der Waals surface area contributed by atoms with Gasteiger partial charge in [-0.3, -0.25) is 9.69 Å². The van der Waals surface area contributed by atoms with E-state index < -0.39 is 0 Å². The summed E-state index contributed by atoms with van der Waals surface area (Å²) in [4.78, 5) is 13.6. The minimum atomic E-state index is -0.139. The predicted octanol–water partition coefficient (Wildman–Crippen LogP) is 1.12. The lowest BCUT2D eigenvalue weighted by Crippen LogP contribution is -2.46. The van der Waals surface area contributed by atoms with Gasteiger partial charge in [-0.05, 0) is 38.0 Å². The van der Waals surface area contributed by atoms with Crippen molar-refractivity contribution in [3.8, 4) is 0 Å². The van der Waals surface area contributed by atoms with E-state index in [1.54, 1.807) is 0 Å². The molecule has 2 aliphatic rings. The second-order valence-corrected chi connectivity index (χ2v) is 4.70. The van der Waals surface area contributed by atoms with Crippen LogP contribution >= 0.6 is 0 Å². The molecule has 1 unspecified atom stereocenters. The number of hydrogen-bond acceptors (Lipinski definition) is 2. The summed E-state index contributed by atoms with van der Waals surface area (Å²) in [5, 5.41) is 0. The van der Waals surface area contributed by atoms with Crippen LogP contribution in [0.15, 0.2) is 0 Å². The summed E-state index contributed by atoms with van der Waals surface area (Å²) in [7, 11) is 0. The van der Waals surface area contributed by atoms with Crippen molar-refractivity contribution in [2.45, 2.75) is 51.1 Å². The average molecular weight is 196 g/mol. The topological polar surface area (TPSA) is 46.3 Å². The monoisotopic (exact) mass is 196 g/mol. The van der Waals surface area contributed by atoms with Gasteiger partial charge in [0.2, 0.25) is 5.91 Å². The fraction of sp³-hybridized carbons (Fsp3) is 0.909. The maximum atomic E-state index is 11.3. The molecule has 0 heterocycles. The summed E-state index contributed by atoms with van der Waals surface area (Å²) in [6.45, 7) is 3.16. The van der Waals surface area contributed by atoms with E-state index in [4.69, 9.17) is 5.73 Å². The second kappa shape index (κ2) is 3.89. The average Bonchev–Trinajstić information content (AvgIpc) is 3.00. The van der Waals surface area contributed by atoms with Crippen LogP contribution in [0.25, 0.3) is 0 Å². The largest absolute Gasteiger partial charge is 0.368 e. The molecular weight excluding hydrogens is 176 g/mol. The van der Waals surface area contributed by atoms with Gasteiger partial charge in [0.15, 0.2) is 0 Å². The maximum absolute atomic E-state index is 11.3. The van der Waals surface area contributed by atoms with Crippen molar-refractivity contribution in [1.82, 2.24) is 4.90 Å². The van der Waals surface area contributed by atoms with Crippen LogP contribution in [0.1, 0.15) is 39.0 Å². The van der Waals surface area contributed by atoms with Crippen molar-refractivity contribution < 1.29 is 4.79 Å². The molecule has 0 aromatic heterocycles. The Bertz CT molecular complexity index is 221. The van der Waals surface area contributed by atoms with Gasteiger partial charge >= 0.3 is 0 Å². The summed E-state index contributed by atoms with van der Waals surface area (Å²) in [6, 6.07) is 0.649. The van der Waals surface area contributed by atoms with E-state index in [-0.39, 0.29) is 11.9 Å². The molecular formula is C11H20N2O. The summed E-state index contributed by atoms with van der Waals surface area (Å²) < 4.78 is 0. The van der Waals surface area contributed by atoms with Crippen molar-refractivity contribution in [3.63, 3.8) is 0 Å². The zero-order valence-corrected chi connectivity index (χ0v) is 8.91. The molecule has 2 saturated carbocycles. The highest BCUT2D eigenvalue weighted by Gasteiger charge is 2.38. The van der Waals surface area contributed by atoms with Crippen LogP contribution in [0.4, 0.5) is 0 Å². The molecule has 2 aliphatic carbocycles. The van der Waals surface area contributed by atoms with Gasteiger partial charge in [0.1, 0.15) is 0 Å². The minimum Gasteiger partial charge on any atom is -0.368 e. The van der Waals surface area contributed by atoms with Crippen molar-refractivity contribution in [1.29, 1.82) is 0 Å². The Morgan fingerprint density at radius 2 is 2.07 bits per heavy atom. The number of nitrogens with two attached hydrogens (primary N) is 1. The second-order valence-electron chi connectivity index (χ2n) is 4.70. The number of hydrogen-bond donors (Lipinski definition) is 1. The van der Waals surface area contributed by atoms with E-state index in [9.17, 15) is 4.79 Å². The van der Waals surface area contributed by atoms with Gasteiger partial charge in [0.05, 0.1) is 6.04 Å². The quantitative estimate of drug-likeness (QED) is 0.692. The Kier molecular flexibility index (Phi) is 2.77. The first-order chi connectivity index (χ1) is 6.72. The lowest BCUT2D eigenvalue weighted by Gasteiger charge is -2.28. The summed E-state index contributed by atoms with van der Waals surface area (Å²) in [6.07, 6.45) is 6.07. The molecule has 80 valence electrons. The van der Waals surface area contributed by atoms with E-state index in [0.717, 1.165) is 18.9 Å². The molecule has 0 aromatic carbocycles. The number of carbonyl (C=O) groups is 1. The van der Waals surface area contributed by atoms with Crippen molar-refractivity contribution in [2.75, 3.05) is 6.54 Å². The maximum Gasteiger partial charge on any atom is 0.234 e. The smallest absolute Gasteiger partial charge is 0.234 e. The van der Waals surface area contributed by atoms with Crippen LogP contribution < -0.4 is 5.73 Å². The number of amides is 1. The first-order valence-electron chi connectivity index (χ1n) is 5.77. The molecule has 2 fully saturated rings. The number of carbonyl (C=O) groups excluding carboxylic acids is 1. The van der Waals surface area contributed by atoms with E-state index in [0.29, 0.717) is 6.04 Å². The van der Waals surface area contributed by atoms with Crippen LogP contribution in [-0.2, 0) is 4.79 Å². The third kappa shape index (κ3) is 2.27. The van der Waals surface area contributed by atoms with Crippen LogP contribution in [0.5, 0.6) is 0 Å². The van der Waals surface area contributed by atoms with Gasteiger partial charge in [-0.1, -0.05) is 6.92 Å². The third-order valence-electron chi connectivity index (χ3n) is 3.30. The molecule has 2 rings (SSSR count). The van der Waals surface area contributed by atoms with E-state index in [1.165, 1.54) is 25.7 Å². The Morgan fingerprint density at radius 3 is 2.43 bits per heavy atom. The lowest BCUT2D eigenvalue weighted by atomic mass is 10.1. The number of nitrogens with zero attached hydrogens (tertiary/aromatic N) is 1. The van der Waals surface area contributed by atoms with Crippen LogP contribution in [-0.4, -0.2) is 29.4 Å². The van der Waals surface area contributed by atoms with Gasteiger partial charge in [-0.25, -0.2) is 0 Å². The van der Waals surface area contributed by atoms with Crippen molar-refractivity contribution >= 4 is 5.91 Å². The highest BCUT2D eigenvalue weighted by Crippen LogP contribution is 2.36. The molecule has 0 bridgehead atoms. The molecule has 0 radical (unpaired) electrons. The molecule has 0 aromatic rings. The SMILES string of the molecule is CCC(C(N)=O)N(CC1CC1)C1CC1. The van der Waals surface area contributed by atoms with E-state index in [1.807, 2.05) is 0 Å². The van der Waals surface area contributed by atoms with Gasteiger partial charge < -0.3 is 5.73 Å². The molecule has 0 saturated heterocycles. The first kappa shape index (κ1) is 9.97. The molecule has 3 nitrogen and oxygen atoms in total.